The van der Waals surface area contributed by atoms with Crippen LogP contribution in [-0.4, -0.2) is 17.6 Å². The van der Waals surface area contributed by atoms with E-state index in [4.69, 9.17) is 0 Å². The maximum absolute atomic E-state index is 12.3. The molecule has 5 heteroatoms. The number of rotatable bonds is 5. The maximum Gasteiger partial charge on any atom is 0.255 e. The van der Waals surface area contributed by atoms with Crippen molar-refractivity contribution in [3.63, 3.8) is 0 Å². The van der Waals surface area contributed by atoms with Crippen molar-refractivity contribution in [2.24, 2.45) is 5.92 Å². The molecule has 2 aromatic rings. The minimum atomic E-state index is -0.314. The van der Waals surface area contributed by atoms with Crippen LogP contribution in [-0.2, 0) is 4.79 Å². The average Bonchev–Trinajstić information content (AvgIpc) is 2.55. The second-order valence-corrected chi connectivity index (χ2v) is 5.78. The zero-order valence-corrected chi connectivity index (χ0v) is 13.9. The Balaban J connectivity index is 2.11. The number of ketones is 1. The van der Waals surface area contributed by atoms with Gasteiger partial charge in [-0.1, -0.05) is 26.0 Å². The quantitative estimate of drug-likeness (QED) is 0.823. The zero-order valence-electron chi connectivity index (χ0n) is 13.9. The van der Waals surface area contributed by atoms with Crippen molar-refractivity contribution in [1.29, 1.82) is 0 Å². The van der Waals surface area contributed by atoms with Gasteiger partial charge < -0.3 is 10.6 Å². The van der Waals surface area contributed by atoms with Crippen LogP contribution in [0.25, 0.3) is 0 Å². The number of benzene rings is 2. The fourth-order valence-electron chi connectivity index (χ4n) is 2.09. The third kappa shape index (κ3) is 4.29. The van der Waals surface area contributed by atoms with Crippen LogP contribution in [0.1, 0.15) is 41.5 Å². The zero-order chi connectivity index (χ0) is 17.7. The molecule has 2 amide bonds. The molecule has 0 unspecified atom stereocenters. The highest BCUT2D eigenvalue weighted by Gasteiger charge is 2.12. The normalized spacial score (nSPS) is 10.3. The summed E-state index contributed by atoms with van der Waals surface area (Å²) < 4.78 is 0. The molecule has 0 aliphatic heterocycles. The summed E-state index contributed by atoms with van der Waals surface area (Å²) in [5, 5.41) is 5.51. The largest absolute Gasteiger partial charge is 0.326 e. The second-order valence-electron chi connectivity index (χ2n) is 5.78. The number of hydrogen-bond donors (Lipinski definition) is 2. The van der Waals surface area contributed by atoms with Crippen molar-refractivity contribution in [2.45, 2.75) is 20.8 Å². The van der Waals surface area contributed by atoms with Crippen molar-refractivity contribution in [1.82, 2.24) is 0 Å². The first kappa shape index (κ1) is 17.4. The number of carbonyl (C=O) groups is 3. The van der Waals surface area contributed by atoms with Crippen LogP contribution in [0.5, 0.6) is 0 Å². The van der Waals surface area contributed by atoms with Gasteiger partial charge in [-0.3, -0.25) is 14.4 Å². The lowest BCUT2D eigenvalue weighted by atomic mass is 10.1. The Morgan fingerprint density at radius 2 is 1.50 bits per heavy atom. The van der Waals surface area contributed by atoms with Gasteiger partial charge >= 0.3 is 0 Å². The first-order valence-corrected chi connectivity index (χ1v) is 7.70. The average molecular weight is 324 g/mol. The Hall–Kier alpha value is -2.95. The number of Topliss-reactive ketones (excluding diaryl/α,β-unsaturated/α-hetero) is 1. The highest BCUT2D eigenvalue weighted by atomic mass is 16.2. The van der Waals surface area contributed by atoms with E-state index in [-0.39, 0.29) is 23.5 Å². The van der Waals surface area contributed by atoms with Gasteiger partial charge in [-0.15, -0.1) is 0 Å². The molecular weight excluding hydrogens is 304 g/mol. The molecule has 0 radical (unpaired) electrons. The molecule has 0 aromatic heterocycles. The summed E-state index contributed by atoms with van der Waals surface area (Å²) in [5.41, 5.74) is 2.02. The topological polar surface area (TPSA) is 75.3 Å². The van der Waals surface area contributed by atoms with Gasteiger partial charge in [0.15, 0.2) is 5.78 Å². The lowest BCUT2D eigenvalue weighted by Crippen LogP contribution is -2.18. The van der Waals surface area contributed by atoms with Crippen LogP contribution in [0.2, 0.25) is 0 Å². The summed E-state index contributed by atoms with van der Waals surface area (Å²) in [5.74, 6) is -0.623. The van der Waals surface area contributed by atoms with Gasteiger partial charge in [0.2, 0.25) is 5.91 Å². The molecule has 0 saturated heterocycles. The van der Waals surface area contributed by atoms with Crippen LogP contribution in [0, 0.1) is 5.92 Å². The summed E-state index contributed by atoms with van der Waals surface area (Å²) in [6, 6.07) is 13.5. The van der Waals surface area contributed by atoms with Gasteiger partial charge in [-0.2, -0.15) is 0 Å². The molecule has 2 N–H and O–H groups in total. The van der Waals surface area contributed by atoms with E-state index in [1.54, 1.807) is 48.5 Å². The summed E-state index contributed by atoms with van der Waals surface area (Å²) >= 11 is 0. The lowest BCUT2D eigenvalue weighted by Gasteiger charge is -2.10. The van der Waals surface area contributed by atoms with E-state index in [9.17, 15) is 14.4 Å². The fourth-order valence-corrected chi connectivity index (χ4v) is 2.09. The predicted octanol–water partition coefficient (Wildman–Crippen LogP) is 3.74. The number of para-hydroxylation sites is 1. The fraction of sp³-hybridized carbons (Fsp3) is 0.211. The van der Waals surface area contributed by atoms with E-state index in [2.05, 4.69) is 10.6 Å². The Kier molecular flexibility index (Phi) is 5.47. The summed E-state index contributed by atoms with van der Waals surface area (Å²) in [7, 11) is 0. The molecule has 124 valence electrons. The van der Waals surface area contributed by atoms with Gasteiger partial charge in [0.1, 0.15) is 0 Å². The predicted molar refractivity (Wildman–Crippen MR) is 94.3 cm³/mol. The van der Waals surface area contributed by atoms with E-state index >= 15 is 0 Å². The van der Waals surface area contributed by atoms with Crippen molar-refractivity contribution in [3.05, 3.63) is 59.7 Å². The van der Waals surface area contributed by atoms with E-state index in [0.717, 1.165) is 0 Å². The second kappa shape index (κ2) is 7.55. The van der Waals surface area contributed by atoms with Gasteiger partial charge in [-0.25, -0.2) is 0 Å². The minimum Gasteiger partial charge on any atom is -0.326 e. The Bertz CT molecular complexity index is 764. The van der Waals surface area contributed by atoms with Crippen molar-refractivity contribution < 1.29 is 14.4 Å². The van der Waals surface area contributed by atoms with E-state index in [1.807, 2.05) is 13.8 Å². The van der Waals surface area contributed by atoms with Crippen LogP contribution in [0.15, 0.2) is 48.5 Å². The van der Waals surface area contributed by atoms with Crippen molar-refractivity contribution in [2.75, 3.05) is 10.6 Å². The first-order valence-electron chi connectivity index (χ1n) is 7.70. The molecule has 0 fully saturated rings. The third-order valence-corrected chi connectivity index (χ3v) is 3.49. The first-order chi connectivity index (χ1) is 11.4. The standard InChI is InChI=1S/C19H20N2O3/c1-12(2)18(23)20-15-10-8-14(9-11-15)19(24)21-17-7-5-4-6-16(17)13(3)22/h4-12H,1-3H3,(H,20,23)(H,21,24). The third-order valence-electron chi connectivity index (χ3n) is 3.49. The highest BCUT2D eigenvalue weighted by Crippen LogP contribution is 2.18. The van der Waals surface area contributed by atoms with Gasteiger partial charge in [0.05, 0.1) is 5.69 Å². The Morgan fingerprint density at radius 3 is 2.08 bits per heavy atom. The molecular formula is C19H20N2O3. The van der Waals surface area contributed by atoms with Crippen molar-refractivity contribution in [3.8, 4) is 0 Å². The molecule has 0 bridgehead atoms. The number of nitrogens with one attached hydrogen (secondary N) is 2. The molecule has 0 heterocycles. The van der Waals surface area contributed by atoms with Crippen LogP contribution in [0.3, 0.4) is 0 Å². The molecule has 2 rings (SSSR count). The van der Waals surface area contributed by atoms with E-state index in [0.29, 0.717) is 22.5 Å². The molecule has 0 aliphatic rings. The smallest absolute Gasteiger partial charge is 0.255 e. The maximum atomic E-state index is 12.3. The monoisotopic (exact) mass is 324 g/mol. The molecule has 24 heavy (non-hydrogen) atoms. The molecule has 0 atom stereocenters. The molecule has 2 aromatic carbocycles. The summed E-state index contributed by atoms with van der Waals surface area (Å²) in [6.07, 6.45) is 0. The number of amides is 2. The van der Waals surface area contributed by atoms with Gasteiger partial charge in [0.25, 0.3) is 5.91 Å². The molecule has 0 spiro atoms. The molecule has 0 saturated carbocycles. The minimum absolute atomic E-state index is 0.0809. The highest BCUT2D eigenvalue weighted by molar-refractivity contribution is 6.09. The van der Waals surface area contributed by atoms with Crippen molar-refractivity contribution >= 4 is 29.0 Å². The van der Waals surface area contributed by atoms with E-state index in [1.165, 1.54) is 6.92 Å². The van der Waals surface area contributed by atoms with Crippen LogP contribution in [0.4, 0.5) is 11.4 Å². The Morgan fingerprint density at radius 1 is 0.875 bits per heavy atom. The molecule has 5 nitrogen and oxygen atoms in total. The summed E-state index contributed by atoms with van der Waals surface area (Å²) in [4.78, 5) is 35.6. The van der Waals surface area contributed by atoms with Crippen LogP contribution < -0.4 is 10.6 Å². The molecule has 0 aliphatic carbocycles. The number of hydrogen-bond acceptors (Lipinski definition) is 3. The van der Waals surface area contributed by atoms with Crippen LogP contribution >= 0.6 is 0 Å². The summed E-state index contributed by atoms with van der Waals surface area (Å²) in [6.45, 7) is 5.07. The Labute approximate surface area is 141 Å². The number of carbonyl (C=O) groups excluding carboxylic acids is 3. The van der Waals surface area contributed by atoms with E-state index < -0.39 is 0 Å². The number of anilines is 2. The lowest BCUT2D eigenvalue weighted by molar-refractivity contribution is -0.118. The SMILES string of the molecule is CC(=O)c1ccccc1NC(=O)c1ccc(NC(=O)C(C)C)cc1. The van der Waals surface area contributed by atoms with Gasteiger partial charge in [0, 0.05) is 22.7 Å². The van der Waals surface area contributed by atoms with Gasteiger partial charge in [-0.05, 0) is 43.3 Å².